The van der Waals surface area contributed by atoms with Crippen LogP contribution < -0.4 is 0 Å². The molecular formula is C6H7F3O. The van der Waals surface area contributed by atoms with Crippen LogP contribution in [0.2, 0.25) is 0 Å². The average Bonchev–Trinajstić information content (AvgIpc) is 1.88. The van der Waals surface area contributed by atoms with E-state index in [2.05, 4.69) is 11.3 Å². The van der Waals surface area contributed by atoms with Crippen LogP contribution in [0.25, 0.3) is 0 Å². The Kier molecular flexibility index (Phi) is 4.66. The molecule has 0 saturated heterocycles. The van der Waals surface area contributed by atoms with Crippen molar-refractivity contribution in [3.8, 4) is 0 Å². The van der Waals surface area contributed by atoms with Crippen LogP contribution in [0.5, 0.6) is 0 Å². The monoisotopic (exact) mass is 152 g/mol. The van der Waals surface area contributed by atoms with Crippen molar-refractivity contribution in [2.45, 2.75) is 0 Å². The molecule has 0 spiro atoms. The number of hydrogen-bond acceptors (Lipinski definition) is 1. The van der Waals surface area contributed by atoms with E-state index >= 15 is 0 Å². The van der Waals surface area contributed by atoms with Gasteiger partial charge in [0.2, 0.25) is 0 Å². The van der Waals surface area contributed by atoms with Crippen molar-refractivity contribution in [1.29, 1.82) is 0 Å². The Balaban J connectivity index is 3.49. The van der Waals surface area contributed by atoms with Crippen molar-refractivity contribution in [3.63, 3.8) is 0 Å². The summed E-state index contributed by atoms with van der Waals surface area (Å²) < 4.78 is 38.7. The van der Waals surface area contributed by atoms with Gasteiger partial charge in [0.15, 0.2) is 5.83 Å². The predicted octanol–water partition coefficient (Wildman–Crippen LogP) is 2.27. The maximum Gasteiger partial charge on any atom is 0.303 e. The van der Waals surface area contributed by atoms with Crippen LogP contribution in [0.4, 0.5) is 13.2 Å². The minimum atomic E-state index is -2.33. The van der Waals surface area contributed by atoms with E-state index in [0.29, 0.717) is 0 Å². The van der Waals surface area contributed by atoms with Crippen molar-refractivity contribution in [2.24, 2.45) is 0 Å². The first-order valence-corrected chi connectivity index (χ1v) is 2.56. The zero-order chi connectivity index (χ0) is 7.98. The molecular weight excluding hydrogens is 145 g/mol. The molecule has 0 atom stereocenters. The van der Waals surface area contributed by atoms with Crippen molar-refractivity contribution in [1.82, 2.24) is 0 Å². The molecule has 0 aliphatic rings. The van der Waals surface area contributed by atoms with Gasteiger partial charge in [0.05, 0.1) is 6.61 Å². The van der Waals surface area contributed by atoms with Crippen molar-refractivity contribution < 1.29 is 17.9 Å². The molecule has 0 aromatic carbocycles. The van der Waals surface area contributed by atoms with Gasteiger partial charge in [0.1, 0.15) is 6.61 Å². The van der Waals surface area contributed by atoms with E-state index in [1.807, 2.05) is 0 Å². The molecule has 0 rings (SSSR count). The van der Waals surface area contributed by atoms with E-state index < -0.39 is 18.5 Å². The highest BCUT2D eigenvalue weighted by Crippen LogP contribution is 2.08. The lowest BCUT2D eigenvalue weighted by atomic mass is 10.6. The normalized spacial score (nSPS) is 9.10. The summed E-state index contributed by atoms with van der Waals surface area (Å²) >= 11 is 0. The van der Waals surface area contributed by atoms with E-state index in [1.54, 1.807) is 0 Å². The molecule has 0 saturated carbocycles. The third kappa shape index (κ3) is 4.14. The fourth-order valence-corrected chi connectivity index (χ4v) is 0.286. The highest BCUT2D eigenvalue weighted by atomic mass is 19.3. The summed E-state index contributed by atoms with van der Waals surface area (Å²) in [6.07, 6.45) is -0.979. The van der Waals surface area contributed by atoms with Gasteiger partial charge in [0.25, 0.3) is 0 Å². The van der Waals surface area contributed by atoms with Gasteiger partial charge < -0.3 is 4.74 Å². The molecule has 10 heavy (non-hydrogen) atoms. The summed E-state index contributed by atoms with van der Waals surface area (Å²) in [5, 5.41) is 0. The highest BCUT2D eigenvalue weighted by Gasteiger charge is 2.02. The van der Waals surface area contributed by atoms with E-state index in [0.717, 1.165) is 0 Å². The van der Waals surface area contributed by atoms with Crippen molar-refractivity contribution >= 4 is 0 Å². The lowest BCUT2D eigenvalue weighted by Crippen LogP contribution is -1.94. The lowest BCUT2D eigenvalue weighted by Gasteiger charge is -1.95. The Hall–Kier alpha value is -0.770. The molecule has 58 valence electrons. The smallest absolute Gasteiger partial charge is 0.303 e. The number of halogens is 3. The van der Waals surface area contributed by atoms with Gasteiger partial charge in [-0.2, -0.15) is 8.78 Å². The standard InChI is InChI=1S/C6H7F3O/c1-2-3-10-4-5(7)6(8)9/h2H,1,3-4H2. The molecule has 0 fully saturated rings. The molecule has 0 aromatic rings. The van der Waals surface area contributed by atoms with Crippen LogP contribution in [0.1, 0.15) is 0 Å². The summed E-state index contributed by atoms with van der Waals surface area (Å²) in [5.74, 6) is -1.53. The third-order valence-electron chi connectivity index (χ3n) is 0.670. The van der Waals surface area contributed by atoms with Crippen LogP contribution in [0.15, 0.2) is 24.6 Å². The van der Waals surface area contributed by atoms with E-state index in [1.165, 1.54) is 6.08 Å². The minimum absolute atomic E-state index is 0.0701. The lowest BCUT2D eigenvalue weighted by molar-refractivity contribution is 0.162. The molecule has 0 aliphatic heterocycles. The SMILES string of the molecule is C=CCOCC(F)=C(F)F. The summed E-state index contributed by atoms with van der Waals surface area (Å²) in [7, 11) is 0. The van der Waals surface area contributed by atoms with Crippen LogP contribution in [-0.4, -0.2) is 13.2 Å². The Labute approximate surface area is 56.8 Å². The second-order valence-corrected chi connectivity index (χ2v) is 1.47. The fraction of sp³-hybridized carbons (Fsp3) is 0.333. The van der Waals surface area contributed by atoms with E-state index in [-0.39, 0.29) is 6.61 Å². The van der Waals surface area contributed by atoms with Crippen LogP contribution >= 0.6 is 0 Å². The molecule has 0 heterocycles. The summed E-state index contributed by atoms with van der Waals surface area (Å²) in [6, 6.07) is 0. The molecule has 0 unspecified atom stereocenters. The van der Waals surface area contributed by atoms with Gasteiger partial charge in [-0.3, -0.25) is 0 Å². The Bertz CT molecular complexity index is 138. The van der Waals surface area contributed by atoms with Crippen LogP contribution in [0.3, 0.4) is 0 Å². The predicted molar refractivity (Wildman–Crippen MR) is 31.4 cm³/mol. The quantitative estimate of drug-likeness (QED) is 0.443. The van der Waals surface area contributed by atoms with Gasteiger partial charge in [0, 0.05) is 0 Å². The number of ether oxygens (including phenoxy) is 1. The number of hydrogen-bond donors (Lipinski definition) is 0. The average molecular weight is 152 g/mol. The largest absolute Gasteiger partial charge is 0.370 e. The Morgan fingerprint density at radius 1 is 1.40 bits per heavy atom. The summed E-state index contributed by atoms with van der Waals surface area (Å²) in [4.78, 5) is 0. The molecule has 0 amide bonds. The second kappa shape index (κ2) is 5.05. The highest BCUT2D eigenvalue weighted by molar-refractivity contribution is 4.91. The zero-order valence-corrected chi connectivity index (χ0v) is 5.24. The maximum atomic E-state index is 11.8. The molecule has 0 N–H and O–H groups in total. The topological polar surface area (TPSA) is 9.23 Å². The van der Waals surface area contributed by atoms with Gasteiger partial charge in [-0.1, -0.05) is 6.08 Å². The molecule has 0 bridgehead atoms. The van der Waals surface area contributed by atoms with Crippen molar-refractivity contribution in [2.75, 3.05) is 13.2 Å². The second-order valence-electron chi connectivity index (χ2n) is 1.47. The van der Waals surface area contributed by atoms with Gasteiger partial charge >= 0.3 is 6.08 Å². The first kappa shape index (κ1) is 9.23. The van der Waals surface area contributed by atoms with Gasteiger partial charge in [-0.05, 0) is 0 Å². The maximum absolute atomic E-state index is 11.8. The van der Waals surface area contributed by atoms with Crippen molar-refractivity contribution in [3.05, 3.63) is 24.6 Å². The van der Waals surface area contributed by atoms with Crippen LogP contribution in [0, 0.1) is 0 Å². The fourth-order valence-electron chi connectivity index (χ4n) is 0.286. The zero-order valence-electron chi connectivity index (χ0n) is 5.24. The van der Waals surface area contributed by atoms with E-state index in [9.17, 15) is 13.2 Å². The Morgan fingerprint density at radius 2 is 2.00 bits per heavy atom. The van der Waals surface area contributed by atoms with Gasteiger partial charge in [-0.25, -0.2) is 4.39 Å². The van der Waals surface area contributed by atoms with E-state index in [4.69, 9.17) is 0 Å². The summed E-state index contributed by atoms with van der Waals surface area (Å²) in [5.41, 5.74) is 0. The van der Waals surface area contributed by atoms with Gasteiger partial charge in [-0.15, -0.1) is 6.58 Å². The first-order chi connectivity index (χ1) is 4.68. The molecule has 0 aromatic heterocycles. The molecule has 0 aliphatic carbocycles. The first-order valence-electron chi connectivity index (χ1n) is 2.56. The molecule has 4 heteroatoms. The third-order valence-corrected chi connectivity index (χ3v) is 0.670. The minimum Gasteiger partial charge on any atom is -0.370 e. The summed E-state index contributed by atoms with van der Waals surface area (Å²) in [6.45, 7) is 2.64. The Morgan fingerprint density at radius 3 is 2.40 bits per heavy atom. The van der Waals surface area contributed by atoms with Crippen LogP contribution in [-0.2, 0) is 4.74 Å². The molecule has 0 radical (unpaired) electrons. The molecule has 1 nitrogen and oxygen atoms in total. The number of rotatable bonds is 4.